The molecule has 1 aromatic rings. The molecular formula is C7H5ClN2Na. The fourth-order valence-electron chi connectivity index (χ4n) is 0.889. The van der Waals surface area contributed by atoms with Gasteiger partial charge in [-0.25, -0.2) is 0 Å². The Morgan fingerprint density at radius 1 is 1.27 bits per heavy atom. The molecule has 0 fully saturated rings. The molecule has 1 heterocycles. The van der Waals surface area contributed by atoms with Crippen molar-refractivity contribution >= 4 is 53.1 Å². The average molecular weight is 176 g/mol. The van der Waals surface area contributed by atoms with Crippen molar-refractivity contribution in [3.05, 3.63) is 28.8 Å². The molecule has 11 heavy (non-hydrogen) atoms. The van der Waals surface area contributed by atoms with Crippen molar-refractivity contribution in [2.45, 2.75) is 0 Å². The Kier molecular flexibility index (Phi) is 2.96. The first kappa shape index (κ1) is 9.07. The van der Waals surface area contributed by atoms with Gasteiger partial charge in [0, 0.05) is 5.56 Å². The Morgan fingerprint density at radius 2 is 2.09 bits per heavy atom. The van der Waals surface area contributed by atoms with Gasteiger partial charge in [0.2, 0.25) is 0 Å². The summed E-state index contributed by atoms with van der Waals surface area (Å²) in [6.45, 7) is 0. The number of benzene rings is 1. The van der Waals surface area contributed by atoms with Crippen LogP contribution in [0.2, 0.25) is 5.02 Å². The third-order valence-electron chi connectivity index (χ3n) is 1.38. The minimum atomic E-state index is 0. The zero-order valence-electron chi connectivity index (χ0n) is 5.08. The predicted octanol–water partition coefficient (Wildman–Crippen LogP) is 1.27. The Bertz CT molecular complexity index is 298. The van der Waals surface area contributed by atoms with Crippen molar-refractivity contribution in [2.24, 2.45) is 5.10 Å². The third kappa shape index (κ3) is 1.59. The molecule has 0 amide bonds. The number of halogens is 1. The molecule has 0 aliphatic carbocycles. The van der Waals surface area contributed by atoms with Gasteiger partial charge in [-0.05, 0) is 12.1 Å². The molecule has 51 valence electrons. The van der Waals surface area contributed by atoms with E-state index < -0.39 is 0 Å². The zero-order valence-corrected chi connectivity index (χ0v) is 5.84. The van der Waals surface area contributed by atoms with Crippen LogP contribution in [0.5, 0.6) is 0 Å². The second kappa shape index (κ2) is 3.59. The molecule has 0 saturated heterocycles. The topological polar surface area (TPSA) is 26.5 Å². The second-order valence-electron chi connectivity index (χ2n) is 2.02. The van der Waals surface area contributed by atoms with Gasteiger partial charge in [-0.2, -0.15) is 10.5 Å². The Morgan fingerprint density at radius 3 is 2.82 bits per heavy atom. The van der Waals surface area contributed by atoms with Crippen molar-refractivity contribution in [2.75, 3.05) is 0 Å². The molecular weight excluding hydrogens is 171 g/mol. The van der Waals surface area contributed by atoms with Gasteiger partial charge >= 0.3 is 29.6 Å². The molecule has 0 saturated carbocycles. The monoisotopic (exact) mass is 175 g/mol. The SMILES string of the molecule is Clc1cccc2c1C=N[N]2.[NaH]. The fraction of sp³-hybridized carbons (Fsp3) is 0. The number of nitrogens with zero attached hydrogens (tertiary/aromatic N) is 2. The molecule has 2 nitrogen and oxygen atoms in total. The van der Waals surface area contributed by atoms with E-state index in [9.17, 15) is 0 Å². The maximum atomic E-state index is 5.82. The Balaban J connectivity index is 0.000000605. The van der Waals surface area contributed by atoms with Crippen LogP contribution >= 0.6 is 11.6 Å². The van der Waals surface area contributed by atoms with Crippen molar-refractivity contribution in [1.82, 2.24) is 5.43 Å². The van der Waals surface area contributed by atoms with Gasteiger partial charge in [-0.1, -0.05) is 17.7 Å². The van der Waals surface area contributed by atoms with Gasteiger partial charge in [-0.3, -0.25) is 0 Å². The van der Waals surface area contributed by atoms with Crippen LogP contribution < -0.4 is 5.43 Å². The zero-order chi connectivity index (χ0) is 6.97. The fourth-order valence-corrected chi connectivity index (χ4v) is 1.11. The average Bonchev–Trinajstić information content (AvgIpc) is 2.36. The summed E-state index contributed by atoms with van der Waals surface area (Å²) in [5.41, 5.74) is 5.62. The van der Waals surface area contributed by atoms with Gasteiger partial charge in [0.1, 0.15) is 0 Å². The predicted molar refractivity (Wildman–Crippen MR) is 48.0 cm³/mol. The molecule has 0 aromatic heterocycles. The van der Waals surface area contributed by atoms with E-state index >= 15 is 0 Å². The second-order valence-corrected chi connectivity index (χ2v) is 2.42. The van der Waals surface area contributed by atoms with E-state index in [1.807, 2.05) is 18.2 Å². The van der Waals surface area contributed by atoms with Crippen LogP contribution in [-0.2, 0) is 0 Å². The van der Waals surface area contributed by atoms with E-state index in [1.54, 1.807) is 6.21 Å². The van der Waals surface area contributed by atoms with Gasteiger partial charge in [0.05, 0.1) is 16.9 Å². The molecule has 0 N–H and O–H groups in total. The molecule has 0 spiro atoms. The Labute approximate surface area is 91.9 Å². The first-order valence-corrected chi connectivity index (χ1v) is 3.28. The Hall–Kier alpha value is -0.0200. The van der Waals surface area contributed by atoms with E-state index in [4.69, 9.17) is 11.6 Å². The minimum absolute atomic E-state index is 0. The van der Waals surface area contributed by atoms with Crippen LogP contribution in [0.15, 0.2) is 23.3 Å². The van der Waals surface area contributed by atoms with Gasteiger partial charge in [0.25, 0.3) is 0 Å². The van der Waals surface area contributed by atoms with E-state index in [-0.39, 0.29) is 29.6 Å². The maximum absolute atomic E-state index is 5.82. The van der Waals surface area contributed by atoms with Crippen LogP contribution in [0.4, 0.5) is 5.69 Å². The van der Waals surface area contributed by atoms with E-state index in [0.29, 0.717) is 5.02 Å². The molecule has 0 bridgehead atoms. The van der Waals surface area contributed by atoms with E-state index in [2.05, 4.69) is 10.5 Å². The van der Waals surface area contributed by atoms with Gasteiger partial charge in [0.15, 0.2) is 0 Å². The summed E-state index contributed by atoms with van der Waals surface area (Å²) in [5, 5.41) is 4.44. The van der Waals surface area contributed by atoms with Gasteiger partial charge < -0.3 is 0 Å². The molecule has 1 aliphatic rings. The van der Waals surface area contributed by atoms with Crippen molar-refractivity contribution in [3.63, 3.8) is 0 Å². The number of hydrogen-bond donors (Lipinski definition) is 0. The van der Waals surface area contributed by atoms with Gasteiger partial charge in [-0.15, -0.1) is 0 Å². The number of rotatable bonds is 0. The summed E-state index contributed by atoms with van der Waals surface area (Å²) in [6.07, 6.45) is 1.66. The van der Waals surface area contributed by atoms with Crippen molar-refractivity contribution in [1.29, 1.82) is 0 Å². The number of fused-ring (bicyclic) bond motifs is 1. The summed E-state index contributed by atoms with van der Waals surface area (Å²) in [5.74, 6) is 0. The normalized spacial score (nSPS) is 11.7. The molecule has 4 heteroatoms. The summed E-state index contributed by atoms with van der Waals surface area (Å²) < 4.78 is 0. The summed E-state index contributed by atoms with van der Waals surface area (Å²) in [7, 11) is 0. The standard InChI is InChI=1S/C7H4ClN2.Na.H/c8-6-2-1-3-7-5(6)4-9-10-7;;/h1-4H;;. The number of hydrogen-bond acceptors (Lipinski definition) is 1. The van der Waals surface area contributed by atoms with E-state index in [0.717, 1.165) is 11.3 Å². The molecule has 2 rings (SSSR count). The first-order valence-electron chi connectivity index (χ1n) is 2.90. The van der Waals surface area contributed by atoms with E-state index in [1.165, 1.54) is 0 Å². The van der Waals surface area contributed by atoms with Crippen LogP contribution in [-0.4, -0.2) is 35.8 Å². The van der Waals surface area contributed by atoms with Crippen molar-refractivity contribution in [3.8, 4) is 0 Å². The van der Waals surface area contributed by atoms with Crippen LogP contribution in [0.3, 0.4) is 0 Å². The molecule has 1 aromatic carbocycles. The summed E-state index contributed by atoms with van der Waals surface area (Å²) in [4.78, 5) is 0. The van der Waals surface area contributed by atoms with Crippen LogP contribution in [0.1, 0.15) is 5.56 Å². The molecule has 0 unspecified atom stereocenters. The van der Waals surface area contributed by atoms with Crippen molar-refractivity contribution < 1.29 is 0 Å². The quantitative estimate of drug-likeness (QED) is 0.531. The molecule has 1 radical (unpaired) electrons. The first-order chi connectivity index (χ1) is 4.88. The summed E-state index contributed by atoms with van der Waals surface area (Å²) >= 11 is 5.82. The summed E-state index contributed by atoms with van der Waals surface area (Å²) in [6, 6.07) is 5.57. The third-order valence-corrected chi connectivity index (χ3v) is 1.71. The van der Waals surface area contributed by atoms with Crippen LogP contribution in [0.25, 0.3) is 0 Å². The molecule has 0 atom stereocenters. The molecule has 1 aliphatic heterocycles. The van der Waals surface area contributed by atoms with Crippen LogP contribution in [0, 0.1) is 0 Å².